The molecule has 12 heteroatoms. The number of alkyl halides is 9. The summed E-state index contributed by atoms with van der Waals surface area (Å²) in [5.41, 5.74) is -0.510. The third-order valence-electron chi connectivity index (χ3n) is 2.53. The van der Waals surface area contributed by atoms with Gasteiger partial charge in [0.2, 0.25) is 0 Å². The Balaban J connectivity index is 3.13. The van der Waals surface area contributed by atoms with Crippen molar-refractivity contribution in [1.29, 1.82) is 0 Å². The molecule has 1 rings (SSSR count). The van der Waals surface area contributed by atoms with Gasteiger partial charge in [-0.15, -0.1) is 0 Å². The predicted octanol–water partition coefficient (Wildman–Crippen LogP) is 4.86. The molecule has 1 amide bonds. The Kier molecular flexibility index (Phi) is 5.00. The zero-order valence-electron chi connectivity index (χ0n) is 10.5. The monoisotopic (exact) mass is 417 g/mol. The van der Waals surface area contributed by atoms with Gasteiger partial charge in [0.15, 0.2) is 0 Å². The van der Waals surface area contributed by atoms with Crippen LogP contribution in [-0.2, 0) is 4.79 Å². The lowest BCUT2D eigenvalue weighted by Crippen LogP contribution is -2.64. The summed E-state index contributed by atoms with van der Waals surface area (Å²) in [5, 5.41) is 1.15. The zero-order valence-corrected chi connectivity index (χ0v) is 12.1. The second-order valence-electron chi connectivity index (χ2n) is 4.18. The molecule has 0 aliphatic rings. The van der Waals surface area contributed by atoms with Gasteiger partial charge in [-0.2, -0.15) is 39.5 Å². The highest BCUT2D eigenvalue weighted by Gasteiger charge is 2.83. The highest BCUT2D eigenvalue weighted by molar-refractivity contribution is 9.10. The summed E-state index contributed by atoms with van der Waals surface area (Å²) in [6, 6.07) is 4.21. The van der Waals surface area contributed by atoms with E-state index in [-0.39, 0.29) is 0 Å². The summed E-state index contributed by atoms with van der Waals surface area (Å²) >= 11 is 2.93. The Labute approximate surface area is 130 Å². The Bertz CT molecular complexity index is 582. The number of amides is 1. The lowest BCUT2D eigenvalue weighted by atomic mass is 10.0. The molecule has 0 aliphatic carbocycles. The summed E-state index contributed by atoms with van der Waals surface area (Å²) in [5.74, 6) is -23.4. The van der Waals surface area contributed by atoms with Gasteiger partial charge in [-0.25, -0.2) is 0 Å². The second-order valence-corrected chi connectivity index (χ2v) is 5.10. The number of hydrogen-bond acceptors (Lipinski definition) is 1. The lowest BCUT2D eigenvalue weighted by molar-refractivity contribution is -0.388. The molecule has 1 aromatic carbocycles. The van der Waals surface area contributed by atoms with Crippen LogP contribution in [0.4, 0.5) is 45.2 Å². The zero-order chi connectivity index (χ0) is 18.3. The normalized spacial score (nSPS) is 13.8. The molecule has 1 aromatic rings. The summed E-state index contributed by atoms with van der Waals surface area (Å²) in [6.07, 6.45) is -6.97. The van der Waals surface area contributed by atoms with Crippen LogP contribution >= 0.6 is 15.9 Å². The summed E-state index contributed by atoms with van der Waals surface area (Å²) in [4.78, 5) is 11.1. The molecule has 0 fully saturated rings. The van der Waals surface area contributed by atoms with E-state index in [9.17, 15) is 44.3 Å². The van der Waals surface area contributed by atoms with E-state index in [2.05, 4.69) is 15.9 Å². The van der Waals surface area contributed by atoms with E-state index in [4.69, 9.17) is 0 Å². The van der Waals surface area contributed by atoms with Crippen molar-refractivity contribution in [3.8, 4) is 0 Å². The van der Waals surface area contributed by atoms with Gasteiger partial charge < -0.3 is 5.32 Å². The Hall–Kier alpha value is -1.46. The molecule has 0 saturated carbocycles. The van der Waals surface area contributed by atoms with Crippen molar-refractivity contribution in [2.75, 3.05) is 5.32 Å². The molecule has 0 aliphatic heterocycles. The molecule has 0 bridgehead atoms. The lowest BCUT2D eigenvalue weighted by Gasteiger charge is -2.32. The predicted molar refractivity (Wildman–Crippen MR) is 63.7 cm³/mol. The maximum atomic E-state index is 13.2. The highest BCUT2D eigenvalue weighted by Crippen LogP contribution is 2.53. The number of hydrogen-bond donors (Lipinski definition) is 1. The number of nitrogens with one attached hydrogen (secondary N) is 1. The molecule has 1 N–H and O–H groups in total. The summed E-state index contributed by atoms with van der Waals surface area (Å²) in [6.45, 7) is 0. The van der Waals surface area contributed by atoms with Crippen LogP contribution in [0.5, 0.6) is 0 Å². The first-order valence-corrected chi connectivity index (χ1v) is 6.21. The van der Waals surface area contributed by atoms with Crippen molar-refractivity contribution in [1.82, 2.24) is 0 Å². The van der Waals surface area contributed by atoms with Crippen molar-refractivity contribution < 1.29 is 44.3 Å². The largest absolute Gasteiger partial charge is 0.460 e. The minimum absolute atomic E-state index is 0.399. The van der Waals surface area contributed by atoms with Crippen LogP contribution in [0.25, 0.3) is 0 Å². The SMILES string of the molecule is O=C(Nc1ccc(Br)cc1)C(F)(F)C(F)(F)C(F)(F)C(F)(F)F. The van der Waals surface area contributed by atoms with Gasteiger partial charge in [-0.3, -0.25) is 4.79 Å². The molecule has 2 nitrogen and oxygen atoms in total. The average molecular weight is 418 g/mol. The Morgan fingerprint density at radius 3 is 1.65 bits per heavy atom. The molecule has 0 spiro atoms. The topological polar surface area (TPSA) is 29.1 Å². The van der Waals surface area contributed by atoms with Crippen LogP contribution in [-0.4, -0.2) is 29.9 Å². The first-order chi connectivity index (χ1) is 10.1. The van der Waals surface area contributed by atoms with Crippen LogP contribution in [0.15, 0.2) is 28.7 Å². The highest BCUT2D eigenvalue weighted by atomic mass is 79.9. The van der Waals surface area contributed by atoms with E-state index in [0.717, 1.165) is 17.4 Å². The van der Waals surface area contributed by atoms with Crippen molar-refractivity contribution in [2.45, 2.75) is 23.9 Å². The van der Waals surface area contributed by atoms with E-state index < -0.39 is 35.5 Å². The minimum Gasteiger partial charge on any atom is -0.321 e. The Morgan fingerprint density at radius 2 is 1.26 bits per heavy atom. The molecule has 0 atom stereocenters. The fourth-order valence-electron chi connectivity index (χ4n) is 1.26. The number of anilines is 1. The van der Waals surface area contributed by atoms with E-state index in [0.29, 0.717) is 4.47 Å². The fraction of sp³-hybridized carbons (Fsp3) is 0.364. The van der Waals surface area contributed by atoms with Crippen molar-refractivity contribution in [3.05, 3.63) is 28.7 Å². The molecular weight excluding hydrogens is 413 g/mol. The van der Waals surface area contributed by atoms with E-state index >= 15 is 0 Å². The van der Waals surface area contributed by atoms with E-state index in [1.165, 1.54) is 12.1 Å². The molecule has 0 aromatic heterocycles. The van der Waals surface area contributed by atoms with Crippen LogP contribution in [0.3, 0.4) is 0 Å². The first-order valence-electron chi connectivity index (χ1n) is 5.42. The average Bonchev–Trinajstić information content (AvgIpc) is 2.39. The van der Waals surface area contributed by atoms with Gasteiger partial charge in [0.1, 0.15) is 0 Å². The number of carbonyl (C=O) groups is 1. The summed E-state index contributed by atoms with van der Waals surface area (Å²) in [7, 11) is 0. The smallest absolute Gasteiger partial charge is 0.321 e. The van der Waals surface area contributed by atoms with Crippen molar-refractivity contribution in [3.63, 3.8) is 0 Å². The molecule has 0 heterocycles. The Morgan fingerprint density at radius 1 is 0.826 bits per heavy atom. The third-order valence-corrected chi connectivity index (χ3v) is 3.06. The van der Waals surface area contributed by atoms with E-state index in [1.807, 2.05) is 0 Å². The van der Waals surface area contributed by atoms with Crippen LogP contribution < -0.4 is 5.32 Å². The summed E-state index contributed by atoms with van der Waals surface area (Å²) < 4.78 is 114. The third kappa shape index (κ3) is 3.40. The minimum atomic E-state index is -7.11. The van der Waals surface area contributed by atoms with Gasteiger partial charge in [0.25, 0.3) is 0 Å². The number of benzene rings is 1. The van der Waals surface area contributed by atoms with Crippen molar-refractivity contribution in [2.24, 2.45) is 0 Å². The van der Waals surface area contributed by atoms with Crippen LogP contribution in [0.2, 0.25) is 0 Å². The molecule has 23 heavy (non-hydrogen) atoms. The number of halogens is 10. The van der Waals surface area contributed by atoms with Gasteiger partial charge >= 0.3 is 29.9 Å². The molecule has 130 valence electrons. The maximum Gasteiger partial charge on any atom is 0.460 e. The maximum absolute atomic E-state index is 13.2. The molecular formula is C11H5BrF9NO. The molecule has 0 unspecified atom stereocenters. The van der Waals surface area contributed by atoms with Gasteiger partial charge in [-0.1, -0.05) is 15.9 Å². The molecule has 0 radical (unpaired) electrons. The first kappa shape index (κ1) is 19.6. The van der Waals surface area contributed by atoms with Crippen molar-refractivity contribution >= 4 is 27.5 Å². The second kappa shape index (κ2) is 5.87. The van der Waals surface area contributed by atoms with Crippen LogP contribution in [0.1, 0.15) is 0 Å². The number of carbonyl (C=O) groups excluding carboxylic acids is 1. The molecule has 0 saturated heterocycles. The fourth-order valence-corrected chi connectivity index (χ4v) is 1.52. The van der Waals surface area contributed by atoms with Crippen LogP contribution in [0, 0.1) is 0 Å². The van der Waals surface area contributed by atoms with Gasteiger partial charge in [-0.05, 0) is 24.3 Å². The van der Waals surface area contributed by atoms with Gasteiger partial charge in [0.05, 0.1) is 0 Å². The number of rotatable bonds is 4. The van der Waals surface area contributed by atoms with E-state index in [1.54, 1.807) is 0 Å². The standard InChI is InChI=1S/C11H5BrF9NO/c12-5-1-3-6(4-2-5)22-7(23)8(13,14)9(15,16)10(17,18)11(19,20)21/h1-4H,(H,22,23). The quantitative estimate of drug-likeness (QED) is 0.696. The van der Waals surface area contributed by atoms with Gasteiger partial charge in [0, 0.05) is 10.2 Å².